The number of benzene rings is 9. The Kier molecular flexibility index (Phi) is 9.61. The van der Waals surface area contributed by atoms with Crippen LogP contribution in [0.1, 0.15) is 16.7 Å². The summed E-state index contributed by atoms with van der Waals surface area (Å²) in [6, 6.07) is 75.5. The molecule has 0 N–H and O–H groups in total. The Bertz CT molecular complexity index is 3050. The van der Waals surface area contributed by atoms with Crippen molar-refractivity contribution in [1.29, 1.82) is 0 Å². The molecule has 0 spiro atoms. The van der Waals surface area contributed by atoms with Gasteiger partial charge >= 0.3 is 0 Å². The van der Waals surface area contributed by atoms with Crippen LogP contribution in [-0.4, -0.2) is 8.07 Å². The van der Waals surface area contributed by atoms with E-state index in [1.165, 1.54) is 77.5 Å². The molecule has 0 heterocycles. The van der Waals surface area contributed by atoms with Gasteiger partial charge in [0.05, 0.1) is 0 Å². The third kappa shape index (κ3) is 7.60. The lowest BCUT2D eigenvalue weighted by molar-refractivity contribution is 1.23. The Morgan fingerprint density at radius 1 is 0.367 bits per heavy atom. The summed E-state index contributed by atoms with van der Waals surface area (Å²) in [7, 11) is -1.41. The van der Waals surface area contributed by atoms with Crippen LogP contribution < -0.4 is 4.90 Å². The van der Waals surface area contributed by atoms with Crippen molar-refractivity contribution < 1.29 is 0 Å². The van der Waals surface area contributed by atoms with Crippen LogP contribution in [-0.2, 0) is 6.42 Å². The van der Waals surface area contributed by atoms with E-state index in [0.29, 0.717) is 0 Å². The van der Waals surface area contributed by atoms with Gasteiger partial charge < -0.3 is 4.90 Å². The van der Waals surface area contributed by atoms with E-state index in [9.17, 15) is 0 Å². The van der Waals surface area contributed by atoms with Crippen molar-refractivity contribution in [3.05, 3.63) is 223 Å². The van der Waals surface area contributed by atoms with E-state index in [1.807, 2.05) is 0 Å². The summed E-state index contributed by atoms with van der Waals surface area (Å²) in [6.45, 7) is 6.83. The number of anilines is 3. The second-order valence-corrected chi connectivity index (χ2v) is 21.7. The second kappa shape index (κ2) is 15.5. The van der Waals surface area contributed by atoms with E-state index in [4.69, 9.17) is 0 Å². The summed E-state index contributed by atoms with van der Waals surface area (Å²) in [5.41, 5.74) is 23.1. The van der Waals surface area contributed by atoms with E-state index >= 15 is 0 Å². The standard InChI is InChI=1S/C58H45NSi/c1-60(2,3)36-35-41-13-15-44(16-14-41)45-17-19-46(20-18-45)48-25-30-55(31-26-48)59(54-28-23-47(24-29-54)42-9-5-4-6-10-42)56-32-34-58-53(40-56)39-52-38-51(27-33-57(52)58)50-22-21-43-11-7-8-12-49(43)37-50/h4-34,37-38,40H,39H2,1-3H3. The Morgan fingerprint density at radius 2 is 0.800 bits per heavy atom. The van der Waals surface area contributed by atoms with Crippen LogP contribution in [0.25, 0.3) is 66.4 Å². The summed E-state index contributed by atoms with van der Waals surface area (Å²) in [5, 5.41) is 2.54. The molecule has 0 aromatic heterocycles. The van der Waals surface area contributed by atoms with Crippen molar-refractivity contribution in [2.45, 2.75) is 26.1 Å². The molecule has 60 heavy (non-hydrogen) atoms. The average molecular weight is 784 g/mol. The third-order valence-corrected chi connectivity index (χ3v) is 12.5. The van der Waals surface area contributed by atoms with Gasteiger partial charge in [-0.15, -0.1) is 5.54 Å². The van der Waals surface area contributed by atoms with Crippen molar-refractivity contribution in [3.63, 3.8) is 0 Å². The molecule has 0 aliphatic heterocycles. The first-order chi connectivity index (χ1) is 29.3. The van der Waals surface area contributed by atoms with Crippen LogP contribution >= 0.6 is 0 Å². The second-order valence-electron chi connectivity index (χ2n) is 16.9. The van der Waals surface area contributed by atoms with Crippen LogP contribution in [0.15, 0.2) is 206 Å². The van der Waals surface area contributed by atoms with E-state index in [2.05, 4.69) is 242 Å². The summed E-state index contributed by atoms with van der Waals surface area (Å²) >= 11 is 0. The highest BCUT2D eigenvalue weighted by atomic mass is 28.3. The minimum atomic E-state index is -1.41. The zero-order chi connectivity index (χ0) is 40.6. The maximum absolute atomic E-state index is 3.47. The lowest BCUT2D eigenvalue weighted by Gasteiger charge is -2.26. The smallest absolute Gasteiger partial charge is 0.129 e. The molecule has 1 aliphatic carbocycles. The molecule has 2 heteroatoms. The minimum Gasteiger partial charge on any atom is -0.310 e. The first-order valence-corrected chi connectivity index (χ1v) is 24.4. The van der Waals surface area contributed by atoms with Crippen LogP contribution in [0.4, 0.5) is 17.1 Å². The Balaban J connectivity index is 0.945. The van der Waals surface area contributed by atoms with Gasteiger partial charge in [-0.1, -0.05) is 177 Å². The first-order valence-electron chi connectivity index (χ1n) is 20.9. The quantitative estimate of drug-likeness (QED) is 0.115. The summed E-state index contributed by atoms with van der Waals surface area (Å²) in [5.74, 6) is 3.37. The van der Waals surface area contributed by atoms with Crippen LogP contribution in [0.5, 0.6) is 0 Å². The van der Waals surface area contributed by atoms with E-state index in [0.717, 1.165) is 29.0 Å². The van der Waals surface area contributed by atoms with Crippen molar-refractivity contribution in [1.82, 2.24) is 0 Å². The van der Waals surface area contributed by atoms with Gasteiger partial charge in [-0.3, -0.25) is 0 Å². The molecule has 0 radical (unpaired) electrons. The molecule has 10 rings (SSSR count). The summed E-state index contributed by atoms with van der Waals surface area (Å²) in [4.78, 5) is 2.39. The van der Waals surface area contributed by atoms with Crippen LogP contribution in [0, 0.1) is 11.5 Å². The maximum Gasteiger partial charge on any atom is 0.129 e. The monoisotopic (exact) mass is 783 g/mol. The van der Waals surface area contributed by atoms with E-state index in [-0.39, 0.29) is 0 Å². The molecule has 9 aromatic carbocycles. The average Bonchev–Trinajstić information content (AvgIpc) is 3.66. The van der Waals surface area contributed by atoms with Crippen molar-refractivity contribution in [3.8, 4) is 67.1 Å². The van der Waals surface area contributed by atoms with Crippen LogP contribution in [0.3, 0.4) is 0 Å². The zero-order valence-electron chi connectivity index (χ0n) is 34.3. The first kappa shape index (κ1) is 37.1. The van der Waals surface area contributed by atoms with Gasteiger partial charge in [0.1, 0.15) is 8.07 Å². The number of fused-ring (bicyclic) bond motifs is 4. The number of hydrogen-bond acceptors (Lipinski definition) is 1. The maximum atomic E-state index is 3.47. The highest BCUT2D eigenvalue weighted by Crippen LogP contribution is 2.44. The molecule has 0 amide bonds. The molecule has 0 fully saturated rings. The van der Waals surface area contributed by atoms with Crippen molar-refractivity contribution >= 4 is 35.9 Å². The van der Waals surface area contributed by atoms with E-state index < -0.39 is 8.07 Å². The highest BCUT2D eigenvalue weighted by Gasteiger charge is 2.22. The summed E-state index contributed by atoms with van der Waals surface area (Å²) < 4.78 is 0. The molecule has 0 atom stereocenters. The van der Waals surface area contributed by atoms with Crippen molar-refractivity contribution in [2.24, 2.45) is 0 Å². The SMILES string of the molecule is C[Si](C)(C)C#Cc1ccc(-c2ccc(-c3ccc(N(c4ccc(-c5ccccc5)cc4)c4ccc5c(c4)Cc4cc(-c6ccc7ccccc7c6)ccc4-5)cc3)cc2)cc1. The Morgan fingerprint density at radius 3 is 1.40 bits per heavy atom. The molecular formula is C58H45NSi. The predicted octanol–water partition coefficient (Wildman–Crippen LogP) is 15.8. The highest BCUT2D eigenvalue weighted by molar-refractivity contribution is 6.83. The van der Waals surface area contributed by atoms with Crippen molar-refractivity contribution in [2.75, 3.05) is 4.90 Å². The molecular weight excluding hydrogens is 739 g/mol. The molecule has 0 saturated carbocycles. The lowest BCUT2D eigenvalue weighted by atomic mass is 9.97. The lowest BCUT2D eigenvalue weighted by Crippen LogP contribution is -2.16. The number of nitrogens with zero attached hydrogens (tertiary/aromatic N) is 1. The molecule has 286 valence electrons. The Labute approximate surface area is 355 Å². The molecule has 1 aliphatic rings. The molecule has 0 saturated heterocycles. The third-order valence-electron chi connectivity index (χ3n) is 11.6. The fourth-order valence-electron chi connectivity index (χ4n) is 8.43. The Hall–Kier alpha value is -7.18. The van der Waals surface area contributed by atoms with Gasteiger partial charge in [0.25, 0.3) is 0 Å². The topological polar surface area (TPSA) is 3.24 Å². The van der Waals surface area contributed by atoms with Gasteiger partial charge in [0.2, 0.25) is 0 Å². The van der Waals surface area contributed by atoms with Gasteiger partial charge in [0.15, 0.2) is 0 Å². The molecule has 1 nitrogen and oxygen atoms in total. The van der Waals surface area contributed by atoms with Gasteiger partial charge in [-0.25, -0.2) is 0 Å². The minimum absolute atomic E-state index is 0.909. The molecule has 0 unspecified atom stereocenters. The van der Waals surface area contributed by atoms with Gasteiger partial charge in [-0.05, 0) is 139 Å². The molecule has 0 bridgehead atoms. The fraction of sp³-hybridized carbons (Fsp3) is 0.0690. The van der Waals surface area contributed by atoms with Crippen LogP contribution in [0.2, 0.25) is 19.6 Å². The molecule has 9 aromatic rings. The fourth-order valence-corrected chi connectivity index (χ4v) is 8.95. The van der Waals surface area contributed by atoms with Gasteiger partial charge in [-0.2, -0.15) is 0 Å². The largest absolute Gasteiger partial charge is 0.310 e. The normalized spacial score (nSPS) is 11.7. The number of rotatable bonds is 7. The predicted molar refractivity (Wildman–Crippen MR) is 259 cm³/mol. The number of hydrogen-bond donors (Lipinski definition) is 0. The zero-order valence-corrected chi connectivity index (χ0v) is 35.3. The summed E-state index contributed by atoms with van der Waals surface area (Å²) in [6.07, 6.45) is 0.909. The van der Waals surface area contributed by atoms with E-state index in [1.54, 1.807) is 0 Å². The van der Waals surface area contributed by atoms with Gasteiger partial charge in [0, 0.05) is 22.6 Å².